The maximum Gasteiger partial charge on any atom is 0.416 e. The molecular weight excluding hydrogens is 648 g/mol. The van der Waals surface area contributed by atoms with E-state index >= 15 is 8.78 Å². The number of carbonyl (C=O) groups excluding carboxylic acids is 1. The molecular formula is C33H39F6N3O4S. The second kappa shape index (κ2) is 15.9. The van der Waals surface area contributed by atoms with Crippen LogP contribution in [-0.4, -0.2) is 47.1 Å². The molecule has 0 aliphatic rings. The normalized spacial score (nSPS) is 13.0. The van der Waals surface area contributed by atoms with Gasteiger partial charge in [-0.2, -0.15) is 26.7 Å². The number of aliphatic carboxylic acids is 1. The number of benzene rings is 2. The van der Waals surface area contributed by atoms with Crippen molar-refractivity contribution in [2.24, 2.45) is 5.92 Å². The van der Waals surface area contributed by atoms with Crippen molar-refractivity contribution in [2.75, 3.05) is 20.6 Å². The van der Waals surface area contributed by atoms with Gasteiger partial charge in [0.15, 0.2) is 11.6 Å². The first-order chi connectivity index (χ1) is 21.3. The molecule has 2 N–H and O–H groups in total. The van der Waals surface area contributed by atoms with Gasteiger partial charge in [0, 0.05) is 24.4 Å². The third-order valence-electron chi connectivity index (χ3n) is 7.54. The zero-order valence-corrected chi connectivity index (χ0v) is 27.9. The molecule has 1 aromatic heterocycles. The van der Waals surface area contributed by atoms with Crippen molar-refractivity contribution < 1.29 is 41.0 Å². The Hall–Kier alpha value is -3.78. The Morgan fingerprint density at radius 2 is 1.60 bits per heavy atom. The lowest BCUT2D eigenvalue weighted by molar-refractivity contribution is -0.139. The van der Waals surface area contributed by atoms with Crippen LogP contribution in [0.1, 0.15) is 66.6 Å². The third kappa shape index (κ3) is 9.86. The lowest BCUT2D eigenvalue weighted by Gasteiger charge is -2.27. The van der Waals surface area contributed by atoms with Gasteiger partial charge in [0.25, 0.3) is 5.56 Å². The minimum Gasteiger partial charge on any atom is -0.481 e. The highest BCUT2D eigenvalue weighted by molar-refractivity contribution is 7.59. The Morgan fingerprint density at radius 3 is 2.11 bits per heavy atom. The molecule has 2 atom stereocenters. The van der Waals surface area contributed by atoms with Crippen LogP contribution in [0.15, 0.2) is 41.3 Å². The number of carboxylic acid groups (broad SMARTS) is 1. The van der Waals surface area contributed by atoms with E-state index in [-0.39, 0.29) is 49.9 Å². The molecule has 0 bridgehead atoms. The first kappa shape index (κ1) is 39.4. The molecule has 0 aliphatic carbocycles. The minimum atomic E-state index is -4.84. The Kier molecular flexibility index (Phi) is 13.3. The molecule has 1 unspecified atom stereocenters. The average Bonchev–Trinajstić information content (AvgIpc) is 2.90. The van der Waals surface area contributed by atoms with E-state index in [1.165, 1.54) is 18.2 Å². The van der Waals surface area contributed by atoms with E-state index in [2.05, 4.69) is 5.32 Å². The van der Waals surface area contributed by atoms with E-state index in [4.69, 9.17) is 0 Å². The van der Waals surface area contributed by atoms with Crippen LogP contribution in [-0.2, 0) is 22.2 Å². The Morgan fingerprint density at radius 1 is 1.00 bits per heavy atom. The number of pyridine rings is 1. The predicted octanol–water partition coefficient (Wildman–Crippen LogP) is 6.70. The molecule has 14 heteroatoms. The molecule has 3 aromatic rings. The van der Waals surface area contributed by atoms with Gasteiger partial charge in [0.05, 0.1) is 18.0 Å². The summed E-state index contributed by atoms with van der Waals surface area (Å²) in [5.41, 5.74) is -1.70. The highest BCUT2D eigenvalue weighted by Gasteiger charge is 2.36. The number of halogens is 6. The molecule has 2 aromatic carbocycles. The van der Waals surface area contributed by atoms with Crippen molar-refractivity contribution in [3.8, 4) is 11.1 Å². The van der Waals surface area contributed by atoms with Crippen LogP contribution in [0.5, 0.6) is 0 Å². The van der Waals surface area contributed by atoms with Gasteiger partial charge in [0.2, 0.25) is 5.91 Å². The van der Waals surface area contributed by atoms with Crippen molar-refractivity contribution in [3.63, 3.8) is 0 Å². The standard InChI is InChI=1S/C33H37F6N3O4.H2S/c1-17(2)9-27(42-16-20(7-8-41(5)6)24(14-28(42)43)33(37,38)39)32(46)40-26(15-29(44)45)23-12-21(13-25(35)31(23)36)30-18(3)10-22(34)11-19(30)4;/h10-14,16-17,26-27H,7-9,15H2,1-6H3,(H,40,46)(H,44,45);1H2/t26-,27?;/m0./s1. The lowest BCUT2D eigenvalue weighted by atomic mass is 9.91. The van der Waals surface area contributed by atoms with Gasteiger partial charge in [-0.25, -0.2) is 13.2 Å². The SMILES string of the molecule is Cc1cc(F)cc(C)c1-c1cc(F)c(F)c([C@H](CC(=O)O)NC(=O)C(CC(C)C)n2cc(CCN(C)C)c(C(F)(F)F)cc2=O)c1.S. The van der Waals surface area contributed by atoms with Gasteiger partial charge >= 0.3 is 12.1 Å². The molecule has 7 nitrogen and oxygen atoms in total. The van der Waals surface area contributed by atoms with E-state index in [9.17, 15) is 37.1 Å². The topological polar surface area (TPSA) is 91.6 Å². The molecule has 0 radical (unpaired) electrons. The van der Waals surface area contributed by atoms with Crippen LogP contribution in [0, 0.1) is 37.2 Å². The monoisotopic (exact) mass is 687 g/mol. The Labute approximate surface area is 276 Å². The zero-order chi connectivity index (χ0) is 34.7. The smallest absolute Gasteiger partial charge is 0.416 e. The van der Waals surface area contributed by atoms with Gasteiger partial charge in [0.1, 0.15) is 11.9 Å². The number of carbonyl (C=O) groups is 2. The van der Waals surface area contributed by atoms with Crippen LogP contribution < -0.4 is 10.9 Å². The Balaban J connectivity index is 0.00000768. The highest BCUT2D eigenvalue weighted by atomic mass is 32.1. The van der Waals surface area contributed by atoms with Gasteiger partial charge in [-0.05, 0) is 98.8 Å². The molecule has 0 fully saturated rings. The van der Waals surface area contributed by atoms with Crippen molar-refractivity contribution in [2.45, 2.75) is 65.2 Å². The fourth-order valence-electron chi connectivity index (χ4n) is 5.49. The summed E-state index contributed by atoms with van der Waals surface area (Å²) in [6, 6.07) is 1.81. The second-order valence-electron chi connectivity index (χ2n) is 12.1. The number of likely N-dealkylation sites (N-methyl/N-ethyl adjacent to an activating group) is 1. The van der Waals surface area contributed by atoms with Gasteiger partial charge in [-0.3, -0.25) is 14.4 Å². The van der Waals surface area contributed by atoms with Crippen LogP contribution in [0.3, 0.4) is 0 Å². The van der Waals surface area contributed by atoms with E-state index in [1.807, 2.05) is 0 Å². The quantitative estimate of drug-likeness (QED) is 0.207. The van der Waals surface area contributed by atoms with Gasteiger partial charge in [-0.1, -0.05) is 13.8 Å². The van der Waals surface area contributed by atoms with Crippen molar-refractivity contribution in [1.82, 2.24) is 14.8 Å². The number of hydrogen-bond donors (Lipinski definition) is 2. The van der Waals surface area contributed by atoms with Crippen LogP contribution in [0.4, 0.5) is 26.3 Å². The number of carboxylic acids is 1. The molecule has 47 heavy (non-hydrogen) atoms. The summed E-state index contributed by atoms with van der Waals surface area (Å²) >= 11 is 0. The first-order valence-electron chi connectivity index (χ1n) is 14.5. The number of rotatable bonds is 12. The fraction of sp³-hybridized carbons (Fsp3) is 0.424. The molecule has 0 spiro atoms. The summed E-state index contributed by atoms with van der Waals surface area (Å²) in [5.74, 6) is -6.02. The van der Waals surface area contributed by atoms with E-state index in [1.54, 1.807) is 46.7 Å². The number of nitrogens with zero attached hydrogens (tertiary/aromatic N) is 2. The maximum absolute atomic E-state index is 15.3. The number of hydrogen-bond acceptors (Lipinski definition) is 4. The summed E-state index contributed by atoms with van der Waals surface area (Å²) in [6.07, 6.45) is -4.89. The van der Waals surface area contributed by atoms with E-state index in [0.717, 1.165) is 16.8 Å². The molecule has 1 amide bonds. The van der Waals surface area contributed by atoms with Crippen LogP contribution in [0.2, 0.25) is 0 Å². The molecule has 0 aliphatic heterocycles. The third-order valence-corrected chi connectivity index (χ3v) is 7.54. The number of aromatic nitrogens is 1. The molecule has 3 rings (SSSR count). The van der Waals surface area contributed by atoms with Gasteiger partial charge in [-0.15, -0.1) is 0 Å². The summed E-state index contributed by atoms with van der Waals surface area (Å²) in [4.78, 5) is 40.4. The maximum atomic E-state index is 15.3. The van der Waals surface area contributed by atoms with Crippen LogP contribution in [0.25, 0.3) is 11.1 Å². The van der Waals surface area contributed by atoms with Crippen molar-refractivity contribution >= 4 is 25.4 Å². The predicted molar refractivity (Wildman–Crippen MR) is 171 cm³/mol. The van der Waals surface area contributed by atoms with Crippen molar-refractivity contribution in [3.05, 3.63) is 92.2 Å². The van der Waals surface area contributed by atoms with Gasteiger partial charge < -0.3 is 19.9 Å². The minimum absolute atomic E-state index is 0. The molecule has 0 saturated heterocycles. The summed E-state index contributed by atoms with van der Waals surface area (Å²) in [6.45, 7) is 6.76. The Bertz CT molecular complexity index is 1650. The lowest BCUT2D eigenvalue weighted by Crippen LogP contribution is -2.41. The first-order valence-corrected chi connectivity index (χ1v) is 14.5. The fourth-order valence-corrected chi connectivity index (χ4v) is 5.49. The number of alkyl halides is 3. The summed E-state index contributed by atoms with van der Waals surface area (Å²) in [7, 11) is 3.33. The zero-order valence-electron chi connectivity index (χ0n) is 26.9. The number of amides is 1. The average molecular weight is 688 g/mol. The largest absolute Gasteiger partial charge is 0.481 e. The summed E-state index contributed by atoms with van der Waals surface area (Å²) < 4.78 is 86.7. The highest BCUT2D eigenvalue weighted by Crippen LogP contribution is 2.35. The molecule has 1 heterocycles. The number of aryl methyl sites for hydroxylation is 2. The van der Waals surface area contributed by atoms with E-state index in [0.29, 0.717) is 22.8 Å². The molecule has 258 valence electrons. The number of nitrogens with one attached hydrogen (secondary N) is 1. The molecule has 0 saturated carbocycles. The van der Waals surface area contributed by atoms with Crippen LogP contribution >= 0.6 is 13.5 Å². The second-order valence-corrected chi connectivity index (χ2v) is 12.1. The van der Waals surface area contributed by atoms with E-state index < -0.39 is 70.7 Å². The van der Waals surface area contributed by atoms with Crippen molar-refractivity contribution in [1.29, 1.82) is 0 Å². The summed E-state index contributed by atoms with van der Waals surface area (Å²) in [5, 5.41) is 12.1.